The molecule has 29 heavy (non-hydrogen) atoms. The third-order valence-corrected chi connectivity index (χ3v) is 5.06. The molecule has 162 valence electrons. The number of amides is 2. The number of aliphatic carboxylic acids is 1. The molecule has 1 aromatic rings. The first-order valence-corrected chi connectivity index (χ1v) is 10.5. The summed E-state index contributed by atoms with van der Waals surface area (Å²) in [5.41, 5.74) is 0.876. The molecule has 2 atom stereocenters. The van der Waals surface area contributed by atoms with Crippen LogP contribution in [0.25, 0.3) is 0 Å². The highest BCUT2D eigenvalue weighted by atomic mass is 16.5. The van der Waals surface area contributed by atoms with Crippen LogP contribution in [0.5, 0.6) is 5.75 Å². The fraction of sp³-hybridized carbons (Fsp3) is 0.636. The first-order valence-electron chi connectivity index (χ1n) is 10.5. The van der Waals surface area contributed by atoms with Crippen molar-refractivity contribution < 1.29 is 24.2 Å². The van der Waals surface area contributed by atoms with E-state index in [9.17, 15) is 14.7 Å². The van der Waals surface area contributed by atoms with E-state index in [4.69, 9.17) is 9.47 Å². The van der Waals surface area contributed by atoms with Gasteiger partial charge in [-0.2, -0.15) is 0 Å². The van der Waals surface area contributed by atoms with Crippen molar-refractivity contribution in [1.29, 1.82) is 0 Å². The van der Waals surface area contributed by atoms with Gasteiger partial charge >= 0.3 is 12.0 Å². The van der Waals surface area contributed by atoms with Gasteiger partial charge in [-0.3, -0.25) is 0 Å². The summed E-state index contributed by atoms with van der Waals surface area (Å²) in [6, 6.07) is 7.48. The lowest BCUT2D eigenvalue weighted by molar-refractivity contribution is -0.149. The van der Waals surface area contributed by atoms with E-state index in [0.29, 0.717) is 37.8 Å². The van der Waals surface area contributed by atoms with E-state index in [0.717, 1.165) is 18.5 Å². The summed E-state index contributed by atoms with van der Waals surface area (Å²) < 4.78 is 11.1. The zero-order chi connectivity index (χ0) is 21.2. The number of ether oxygens (including phenoxy) is 2. The smallest absolute Gasteiger partial charge is 0.333 e. The molecule has 7 nitrogen and oxygen atoms in total. The number of hydrogen-bond acceptors (Lipinski definition) is 4. The van der Waals surface area contributed by atoms with Gasteiger partial charge in [0.25, 0.3) is 0 Å². The minimum atomic E-state index is -0.960. The lowest BCUT2D eigenvalue weighted by Crippen LogP contribution is -2.46. The molecule has 0 radical (unpaired) electrons. The summed E-state index contributed by atoms with van der Waals surface area (Å²) in [5.74, 6) is 0.355. The third-order valence-electron chi connectivity index (χ3n) is 5.06. The minimum Gasteiger partial charge on any atom is -0.492 e. The fourth-order valence-corrected chi connectivity index (χ4v) is 2.92. The summed E-state index contributed by atoms with van der Waals surface area (Å²) in [5, 5.41) is 12.2. The minimum absolute atomic E-state index is 0.0270. The first-order chi connectivity index (χ1) is 13.9. The van der Waals surface area contributed by atoms with Gasteiger partial charge in [0.2, 0.25) is 0 Å². The molecule has 0 saturated heterocycles. The Morgan fingerprint density at radius 3 is 2.48 bits per heavy atom. The Balaban J connectivity index is 1.82. The van der Waals surface area contributed by atoms with E-state index in [1.54, 1.807) is 6.92 Å². The average Bonchev–Trinajstić information content (AvgIpc) is 3.52. The maximum atomic E-state index is 12.5. The molecular weight excluding hydrogens is 372 g/mol. The van der Waals surface area contributed by atoms with Crippen molar-refractivity contribution in [3.8, 4) is 5.75 Å². The zero-order valence-corrected chi connectivity index (χ0v) is 17.7. The lowest BCUT2D eigenvalue weighted by atomic mass is 10.1. The lowest BCUT2D eigenvalue weighted by Gasteiger charge is -2.25. The SMILES string of the molecule is CCOC(Cc1ccc(OCCN(CC2CC2)C(=O)NC(C)CC)cc1)C(=O)O. The van der Waals surface area contributed by atoms with Crippen LogP contribution in [0.1, 0.15) is 45.6 Å². The summed E-state index contributed by atoms with van der Waals surface area (Å²) in [7, 11) is 0. The van der Waals surface area contributed by atoms with Crippen LogP contribution in [0.2, 0.25) is 0 Å². The van der Waals surface area contributed by atoms with Crippen molar-refractivity contribution in [2.24, 2.45) is 5.92 Å². The highest BCUT2D eigenvalue weighted by Gasteiger charge is 2.27. The topological polar surface area (TPSA) is 88.1 Å². The molecule has 2 rings (SSSR count). The number of carbonyl (C=O) groups is 2. The van der Waals surface area contributed by atoms with E-state index in [1.807, 2.05) is 36.1 Å². The van der Waals surface area contributed by atoms with Crippen LogP contribution in [0.4, 0.5) is 4.79 Å². The van der Waals surface area contributed by atoms with Crippen molar-refractivity contribution in [3.05, 3.63) is 29.8 Å². The predicted molar refractivity (Wildman–Crippen MR) is 111 cm³/mol. The van der Waals surface area contributed by atoms with Gasteiger partial charge < -0.3 is 24.8 Å². The number of carboxylic acids is 1. The van der Waals surface area contributed by atoms with Gasteiger partial charge in [0.15, 0.2) is 6.10 Å². The monoisotopic (exact) mass is 406 g/mol. The molecule has 1 saturated carbocycles. The summed E-state index contributed by atoms with van der Waals surface area (Å²) in [6.45, 7) is 7.92. The van der Waals surface area contributed by atoms with Gasteiger partial charge in [-0.15, -0.1) is 0 Å². The van der Waals surface area contributed by atoms with E-state index >= 15 is 0 Å². The van der Waals surface area contributed by atoms with Gasteiger partial charge in [0.05, 0.1) is 6.54 Å². The summed E-state index contributed by atoms with van der Waals surface area (Å²) >= 11 is 0. The van der Waals surface area contributed by atoms with Gasteiger partial charge in [-0.25, -0.2) is 9.59 Å². The highest BCUT2D eigenvalue weighted by Crippen LogP contribution is 2.29. The molecule has 0 aromatic heterocycles. The maximum Gasteiger partial charge on any atom is 0.333 e. The number of urea groups is 1. The Bertz CT molecular complexity index is 645. The molecule has 1 aromatic carbocycles. The number of benzene rings is 1. The quantitative estimate of drug-likeness (QED) is 0.525. The molecule has 1 fully saturated rings. The van der Waals surface area contributed by atoms with Crippen LogP contribution in [0.15, 0.2) is 24.3 Å². The molecule has 1 aliphatic rings. The van der Waals surface area contributed by atoms with Crippen LogP contribution in [0, 0.1) is 5.92 Å². The molecular formula is C22H34N2O5. The third kappa shape index (κ3) is 8.31. The van der Waals surface area contributed by atoms with Crippen molar-refractivity contribution in [2.75, 3.05) is 26.3 Å². The van der Waals surface area contributed by atoms with Gasteiger partial charge in [-0.1, -0.05) is 19.1 Å². The van der Waals surface area contributed by atoms with Crippen LogP contribution in [-0.2, 0) is 16.0 Å². The molecule has 2 amide bonds. The van der Waals surface area contributed by atoms with E-state index in [1.165, 1.54) is 12.8 Å². The van der Waals surface area contributed by atoms with Crippen LogP contribution in [-0.4, -0.2) is 60.5 Å². The standard InChI is InChI=1S/C22H34N2O5/c1-4-16(3)23-22(27)24(15-18-6-7-18)12-13-29-19-10-8-17(9-11-19)14-20(21(25)26)28-5-2/h8-11,16,18,20H,4-7,12-15H2,1-3H3,(H,23,27)(H,25,26). The molecule has 7 heteroatoms. The average molecular weight is 407 g/mol. The van der Waals surface area contributed by atoms with Crippen LogP contribution in [0.3, 0.4) is 0 Å². The highest BCUT2D eigenvalue weighted by molar-refractivity contribution is 5.74. The number of hydrogen-bond donors (Lipinski definition) is 2. The van der Waals surface area contributed by atoms with Crippen molar-refractivity contribution >= 4 is 12.0 Å². The fourth-order valence-electron chi connectivity index (χ4n) is 2.92. The normalized spacial score (nSPS) is 15.4. The van der Waals surface area contributed by atoms with Crippen molar-refractivity contribution in [2.45, 2.75) is 58.6 Å². The Morgan fingerprint density at radius 2 is 1.93 bits per heavy atom. The Hall–Kier alpha value is -2.28. The molecule has 0 bridgehead atoms. The number of nitrogens with zero attached hydrogens (tertiary/aromatic N) is 1. The Labute approximate surface area is 173 Å². The van der Waals surface area contributed by atoms with Gasteiger partial charge in [0, 0.05) is 25.6 Å². The second-order valence-corrected chi connectivity index (χ2v) is 7.63. The van der Waals surface area contributed by atoms with Gasteiger partial charge in [0.1, 0.15) is 12.4 Å². The number of rotatable bonds is 13. The van der Waals surface area contributed by atoms with Crippen molar-refractivity contribution in [1.82, 2.24) is 10.2 Å². The molecule has 2 N–H and O–H groups in total. The molecule has 0 spiro atoms. The second-order valence-electron chi connectivity index (χ2n) is 7.63. The van der Waals surface area contributed by atoms with Crippen LogP contribution >= 0.6 is 0 Å². The molecule has 2 unspecified atom stereocenters. The summed E-state index contributed by atoms with van der Waals surface area (Å²) in [6.07, 6.45) is 2.75. The number of carbonyl (C=O) groups excluding carboxylic acids is 1. The predicted octanol–water partition coefficient (Wildman–Crippen LogP) is 3.32. The van der Waals surface area contributed by atoms with Crippen molar-refractivity contribution in [3.63, 3.8) is 0 Å². The zero-order valence-electron chi connectivity index (χ0n) is 17.7. The number of carboxylic acid groups (broad SMARTS) is 1. The first kappa shape index (κ1) is 23.0. The molecule has 1 aliphatic carbocycles. The number of nitrogens with one attached hydrogen (secondary N) is 1. The molecule has 0 aliphatic heterocycles. The largest absolute Gasteiger partial charge is 0.492 e. The summed E-state index contributed by atoms with van der Waals surface area (Å²) in [4.78, 5) is 25.5. The van der Waals surface area contributed by atoms with Gasteiger partial charge in [-0.05, 0) is 56.7 Å². The Morgan fingerprint density at radius 1 is 1.24 bits per heavy atom. The van der Waals surface area contributed by atoms with E-state index in [-0.39, 0.29) is 12.1 Å². The molecule has 0 heterocycles. The maximum absolute atomic E-state index is 12.5. The van der Waals surface area contributed by atoms with E-state index < -0.39 is 12.1 Å². The van der Waals surface area contributed by atoms with Crippen LogP contribution < -0.4 is 10.1 Å². The second kappa shape index (κ2) is 11.7. The van der Waals surface area contributed by atoms with E-state index in [2.05, 4.69) is 12.2 Å². The Kier molecular flexibility index (Phi) is 9.25.